The van der Waals surface area contributed by atoms with Gasteiger partial charge in [0.2, 0.25) is 5.91 Å². The summed E-state index contributed by atoms with van der Waals surface area (Å²) in [5, 5.41) is 23.4. The Kier molecular flexibility index (Phi) is 57.5. The molecule has 2 atom stereocenters. The first-order chi connectivity index (χ1) is 33.5. The van der Waals surface area contributed by atoms with Crippen molar-refractivity contribution < 1.29 is 24.5 Å². The lowest BCUT2D eigenvalue weighted by Crippen LogP contribution is -2.45. The van der Waals surface area contributed by atoms with Gasteiger partial charge in [-0.3, -0.25) is 9.59 Å². The van der Waals surface area contributed by atoms with Gasteiger partial charge in [-0.15, -0.1) is 0 Å². The van der Waals surface area contributed by atoms with Crippen molar-refractivity contribution in [3.63, 3.8) is 0 Å². The molecule has 0 aromatic rings. The van der Waals surface area contributed by atoms with Gasteiger partial charge < -0.3 is 20.3 Å². The van der Waals surface area contributed by atoms with Crippen molar-refractivity contribution >= 4 is 11.9 Å². The summed E-state index contributed by atoms with van der Waals surface area (Å²) >= 11 is 0. The van der Waals surface area contributed by atoms with Crippen LogP contribution in [0.1, 0.15) is 361 Å². The van der Waals surface area contributed by atoms with Crippen molar-refractivity contribution in [2.45, 2.75) is 373 Å². The second-order valence-electron chi connectivity index (χ2n) is 21.8. The van der Waals surface area contributed by atoms with E-state index in [-0.39, 0.29) is 18.5 Å². The number of carbonyl (C=O) groups excluding carboxylic acids is 2. The minimum atomic E-state index is -0.674. The summed E-state index contributed by atoms with van der Waals surface area (Å²) in [5.74, 6) is -0.0503. The first-order valence-electron chi connectivity index (χ1n) is 31.3. The third-order valence-corrected chi connectivity index (χ3v) is 14.9. The summed E-state index contributed by atoms with van der Waals surface area (Å²) in [5.41, 5.74) is 0. The van der Waals surface area contributed by atoms with Crippen molar-refractivity contribution in [2.75, 3.05) is 13.2 Å². The zero-order valence-electron chi connectivity index (χ0n) is 46.4. The van der Waals surface area contributed by atoms with Gasteiger partial charge in [0.15, 0.2) is 0 Å². The van der Waals surface area contributed by atoms with E-state index in [4.69, 9.17) is 4.74 Å². The van der Waals surface area contributed by atoms with Gasteiger partial charge >= 0.3 is 5.97 Å². The van der Waals surface area contributed by atoms with E-state index in [1.165, 1.54) is 270 Å². The number of aliphatic hydroxyl groups excluding tert-OH is 2. The molecule has 0 aromatic carbocycles. The fraction of sp³-hybridized carbons (Fsp3) is 0.968. The first kappa shape index (κ1) is 66.9. The lowest BCUT2D eigenvalue weighted by atomic mass is 10.0. The number of esters is 1. The molecule has 0 saturated heterocycles. The lowest BCUT2D eigenvalue weighted by molar-refractivity contribution is -0.143. The number of nitrogens with one attached hydrogen (secondary N) is 1. The van der Waals surface area contributed by atoms with Gasteiger partial charge in [-0.25, -0.2) is 0 Å². The van der Waals surface area contributed by atoms with Crippen molar-refractivity contribution in [2.24, 2.45) is 0 Å². The molecule has 0 aliphatic heterocycles. The summed E-state index contributed by atoms with van der Waals surface area (Å²) in [7, 11) is 0. The molecule has 406 valence electrons. The van der Waals surface area contributed by atoms with Crippen molar-refractivity contribution in [3.05, 3.63) is 0 Å². The molecule has 0 aliphatic carbocycles. The summed E-state index contributed by atoms with van der Waals surface area (Å²) < 4.78 is 5.47. The highest BCUT2D eigenvalue weighted by molar-refractivity contribution is 5.76. The third-order valence-electron chi connectivity index (χ3n) is 14.9. The topological polar surface area (TPSA) is 95.9 Å². The highest BCUT2D eigenvalue weighted by atomic mass is 16.5. The molecule has 0 rings (SSSR count). The molecule has 0 aromatic heterocycles. The van der Waals surface area contributed by atoms with Crippen molar-refractivity contribution in [1.29, 1.82) is 0 Å². The van der Waals surface area contributed by atoms with Crippen LogP contribution in [0.25, 0.3) is 0 Å². The number of ether oxygens (including phenoxy) is 1. The standard InChI is InChI=1S/C62H123NO5/c1-3-5-7-9-11-13-15-17-19-20-21-22-23-24-25-26-27-28-29-30-34-38-42-46-50-54-60(65)59(58-64)63-61(66)55-51-47-43-39-35-32-33-37-41-45-49-53-57-68-62(67)56-52-48-44-40-36-31-18-16-14-12-10-8-6-4-2/h59-60,64-65H,3-58H2,1-2H3,(H,63,66). The average Bonchev–Trinajstić information content (AvgIpc) is 3.34. The normalized spacial score (nSPS) is 12.5. The molecule has 6 heteroatoms. The van der Waals surface area contributed by atoms with E-state index < -0.39 is 12.1 Å². The smallest absolute Gasteiger partial charge is 0.305 e. The Bertz CT molecular complexity index is 975. The summed E-state index contributed by atoms with van der Waals surface area (Å²) in [6.07, 6.45) is 68.2. The Balaban J connectivity index is 3.42. The van der Waals surface area contributed by atoms with E-state index in [0.717, 1.165) is 57.8 Å². The van der Waals surface area contributed by atoms with E-state index in [1.807, 2.05) is 0 Å². The van der Waals surface area contributed by atoms with E-state index in [2.05, 4.69) is 19.2 Å². The number of hydrogen-bond donors (Lipinski definition) is 3. The SMILES string of the molecule is CCCCCCCCCCCCCCCCCCCCCCCCCCCC(O)C(CO)NC(=O)CCCCCCCCCCCCCCOC(=O)CCCCCCCCCCCCCCCC. The van der Waals surface area contributed by atoms with Crippen molar-refractivity contribution in [3.8, 4) is 0 Å². The molecule has 3 N–H and O–H groups in total. The predicted octanol–water partition coefficient (Wildman–Crippen LogP) is 19.5. The zero-order valence-corrected chi connectivity index (χ0v) is 46.4. The number of hydrogen-bond acceptors (Lipinski definition) is 5. The van der Waals surface area contributed by atoms with Crippen LogP contribution in [0.4, 0.5) is 0 Å². The Labute approximate surface area is 426 Å². The second-order valence-corrected chi connectivity index (χ2v) is 21.8. The molecule has 0 spiro atoms. The minimum absolute atomic E-state index is 0.00516. The van der Waals surface area contributed by atoms with E-state index >= 15 is 0 Å². The van der Waals surface area contributed by atoms with E-state index in [1.54, 1.807) is 0 Å². The van der Waals surface area contributed by atoms with Gasteiger partial charge in [0.05, 0.1) is 25.4 Å². The van der Waals surface area contributed by atoms with E-state index in [0.29, 0.717) is 25.9 Å². The zero-order chi connectivity index (χ0) is 49.3. The van der Waals surface area contributed by atoms with Crippen molar-refractivity contribution in [1.82, 2.24) is 5.32 Å². The fourth-order valence-electron chi connectivity index (χ4n) is 10.1. The number of carbonyl (C=O) groups is 2. The molecule has 0 aliphatic rings. The summed E-state index contributed by atoms with van der Waals surface area (Å²) in [6.45, 7) is 4.96. The number of rotatable bonds is 59. The molecule has 0 fully saturated rings. The van der Waals surface area contributed by atoms with Crippen LogP contribution in [0.15, 0.2) is 0 Å². The maximum atomic E-state index is 12.5. The van der Waals surface area contributed by atoms with Crippen LogP contribution in [0.5, 0.6) is 0 Å². The third kappa shape index (κ3) is 54.2. The maximum Gasteiger partial charge on any atom is 0.305 e. The lowest BCUT2D eigenvalue weighted by Gasteiger charge is -2.22. The Hall–Kier alpha value is -1.14. The molecular formula is C62H123NO5. The molecular weight excluding hydrogens is 839 g/mol. The largest absolute Gasteiger partial charge is 0.466 e. The number of amides is 1. The maximum absolute atomic E-state index is 12.5. The van der Waals surface area contributed by atoms with Crippen LogP contribution >= 0.6 is 0 Å². The van der Waals surface area contributed by atoms with E-state index in [9.17, 15) is 19.8 Å². The predicted molar refractivity (Wildman–Crippen MR) is 297 cm³/mol. The molecule has 6 nitrogen and oxygen atoms in total. The van der Waals surface area contributed by atoms with Crippen LogP contribution < -0.4 is 5.32 Å². The van der Waals surface area contributed by atoms with Gasteiger partial charge in [-0.2, -0.15) is 0 Å². The molecule has 0 bridgehead atoms. The second kappa shape index (κ2) is 58.4. The van der Waals surface area contributed by atoms with Gasteiger partial charge in [-0.1, -0.05) is 322 Å². The average molecular weight is 963 g/mol. The summed E-state index contributed by atoms with van der Waals surface area (Å²) in [4.78, 5) is 24.6. The fourth-order valence-corrected chi connectivity index (χ4v) is 10.1. The van der Waals surface area contributed by atoms with Gasteiger partial charge in [0.1, 0.15) is 0 Å². The van der Waals surface area contributed by atoms with Crippen LogP contribution in [-0.4, -0.2) is 47.4 Å². The highest BCUT2D eigenvalue weighted by Crippen LogP contribution is 2.19. The quantitative estimate of drug-likeness (QED) is 0.0417. The van der Waals surface area contributed by atoms with Crippen LogP contribution in [0, 0.1) is 0 Å². The highest BCUT2D eigenvalue weighted by Gasteiger charge is 2.20. The Morgan fingerprint density at radius 3 is 0.897 bits per heavy atom. The summed E-state index contributed by atoms with van der Waals surface area (Å²) in [6, 6.07) is -0.553. The number of unbranched alkanes of at least 4 members (excludes halogenated alkanes) is 48. The van der Waals surface area contributed by atoms with Gasteiger partial charge in [0.25, 0.3) is 0 Å². The van der Waals surface area contributed by atoms with Crippen LogP contribution in [-0.2, 0) is 14.3 Å². The molecule has 0 heterocycles. The Morgan fingerprint density at radius 1 is 0.353 bits per heavy atom. The van der Waals surface area contributed by atoms with Gasteiger partial charge in [0, 0.05) is 12.8 Å². The van der Waals surface area contributed by atoms with Crippen LogP contribution in [0.3, 0.4) is 0 Å². The molecule has 0 radical (unpaired) electrons. The molecule has 0 saturated carbocycles. The van der Waals surface area contributed by atoms with Gasteiger partial charge in [-0.05, 0) is 25.7 Å². The monoisotopic (exact) mass is 962 g/mol. The first-order valence-corrected chi connectivity index (χ1v) is 31.3. The number of aliphatic hydroxyl groups is 2. The molecule has 68 heavy (non-hydrogen) atoms. The molecule has 1 amide bonds. The van der Waals surface area contributed by atoms with Crippen LogP contribution in [0.2, 0.25) is 0 Å². The minimum Gasteiger partial charge on any atom is -0.466 e. The molecule has 2 unspecified atom stereocenters. The Morgan fingerprint density at radius 2 is 0.603 bits per heavy atom.